The lowest BCUT2D eigenvalue weighted by Crippen LogP contribution is -1.98. The van der Waals surface area contributed by atoms with E-state index in [1.807, 2.05) is 0 Å². The average molecular weight is 572 g/mol. The van der Waals surface area contributed by atoms with Gasteiger partial charge >= 0.3 is 0 Å². The monoisotopic (exact) mass is 571 g/mol. The van der Waals surface area contributed by atoms with E-state index in [2.05, 4.69) is 180 Å². The summed E-state index contributed by atoms with van der Waals surface area (Å²) in [5, 5.41) is 12.4. The van der Waals surface area contributed by atoms with Gasteiger partial charge in [0.2, 0.25) is 0 Å². The Hall–Kier alpha value is -5.92. The van der Waals surface area contributed by atoms with Crippen LogP contribution in [0.3, 0.4) is 0 Å². The lowest BCUT2D eigenvalue weighted by Gasteiger charge is -2.16. The second-order valence-corrected chi connectivity index (χ2v) is 11.7. The molecule has 0 saturated carbocycles. The van der Waals surface area contributed by atoms with Gasteiger partial charge in [-0.3, -0.25) is 0 Å². The van der Waals surface area contributed by atoms with Gasteiger partial charge in [-0.25, -0.2) is 0 Å². The quantitative estimate of drug-likeness (QED) is 0.182. The second kappa shape index (κ2) is 10.4. The molecular weight excluding hydrogens is 542 g/mol. The molecule has 0 radical (unpaired) electrons. The van der Waals surface area contributed by atoms with Gasteiger partial charge in [-0.2, -0.15) is 0 Å². The number of hydrogen-bond acceptors (Lipinski definition) is 0. The van der Waals surface area contributed by atoms with Gasteiger partial charge in [0.1, 0.15) is 0 Å². The summed E-state index contributed by atoms with van der Waals surface area (Å²) in [4.78, 5) is 0. The third-order valence-corrected chi connectivity index (χ3v) is 9.20. The molecule has 1 nitrogen and oxygen atoms in total. The summed E-state index contributed by atoms with van der Waals surface area (Å²) in [5.41, 5.74) is 5.86. The summed E-state index contributed by atoms with van der Waals surface area (Å²) in [6, 6.07) is 64.3. The van der Waals surface area contributed by atoms with Crippen LogP contribution in [0.25, 0.3) is 81.7 Å². The molecule has 0 unspecified atom stereocenters. The van der Waals surface area contributed by atoms with Crippen LogP contribution >= 0.6 is 0 Å². The molecule has 9 rings (SSSR count). The van der Waals surface area contributed by atoms with Gasteiger partial charge in [0, 0.05) is 16.5 Å². The molecule has 0 bridgehead atoms. The van der Waals surface area contributed by atoms with Gasteiger partial charge in [0.05, 0.1) is 11.0 Å². The van der Waals surface area contributed by atoms with Crippen molar-refractivity contribution < 1.29 is 0 Å². The number of aromatic nitrogens is 1. The van der Waals surface area contributed by atoms with Gasteiger partial charge < -0.3 is 4.57 Å². The first kappa shape index (κ1) is 25.6. The highest BCUT2D eigenvalue weighted by Crippen LogP contribution is 2.37. The predicted molar refractivity (Wildman–Crippen MR) is 194 cm³/mol. The molecule has 0 atom stereocenters. The summed E-state index contributed by atoms with van der Waals surface area (Å²) in [5.74, 6) is 0. The van der Waals surface area contributed by atoms with Gasteiger partial charge in [-0.1, -0.05) is 146 Å². The molecule has 0 amide bonds. The summed E-state index contributed by atoms with van der Waals surface area (Å²) >= 11 is 0. The Morgan fingerprint density at radius 3 is 1.51 bits per heavy atom. The Balaban J connectivity index is 1.55. The summed E-state index contributed by atoms with van der Waals surface area (Å²) in [7, 11) is 0. The lowest BCUT2D eigenvalue weighted by molar-refractivity contribution is 1.18. The van der Waals surface area contributed by atoms with Crippen molar-refractivity contribution in [2.45, 2.75) is 0 Å². The van der Waals surface area contributed by atoms with Crippen molar-refractivity contribution in [3.05, 3.63) is 176 Å². The molecule has 0 aliphatic heterocycles. The molecule has 0 saturated heterocycles. The maximum atomic E-state index is 2.47. The molecule has 0 aliphatic rings. The minimum atomic E-state index is 1.14. The Morgan fingerprint density at radius 1 is 0.267 bits per heavy atom. The SMILES string of the molecule is c1ccc(-c2ccc3c(c2)c2ccccc2c2ccccc2c2ccccc2n3-c2ccc3ccc4ccccc4c3c2)cc1. The highest BCUT2D eigenvalue weighted by Gasteiger charge is 2.13. The van der Waals surface area contributed by atoms with E-state index in [4.69, 9.17) is 0 Å². The highest BCUT2D eigenvalue weighted by molar-refractivity contribution is 6.20. The smallest absolute Gasteiger partial charge is 0.0540 e. The molecule has 0 N–H and O–H groups in total. The zero-order chi connectivity index (χ0) is 29.7. The fourth-order valence-corrected chi connectivity index (χ4v) is 7.10. The molecule has 45 heavy (non-hydrogen) atoms. The number of rotatable bonds is 2. The number of hydrogen-bond donors (Lipinski definition) is 0. The highest BCUT2D eigenvalue weighted by atomic mass is 15.0. The van der Waals surface area contributed by atoms with Crippen molar-refractivity contribution in [2.75, 3.05) is 0 Å². The maximum absolute atomic E-state index is 2.47. The minimum Gasteiger partial charge on any atom is -0.309 e. The van der Waals surface area contributed by atoms with Crippen LogP contribution in [-0.2, 0) is 0 Å². The van der Waals surface area contributed by atoms with Crippen molar-refractivity contribution in [3.8, 4) is 16.8 Å². The molecular formula is C44H29N. The van der Waals surface area contributed by atoms with E-state index in [0.717, 1.165) is 16.7 Å². The number of nitrogens with zero attached hydrogens (tertiary/aromatic N) is 1. The second-order valence-electron chi connectivity index (χ2n) is 11.7. The predicted octanol–water partition coefficient (Wildman–Crippen LogP) is 12.2. The van der Waals surface area contributed by atoms with E-state index in [9.17, 15) is 0 Å². The van der Waals surface area contributed by atoms with Crippen molar-refractivity contribution >= 4 is 64.9 Å². The van der Waals surface area contributed by atoms with Crippen LogP contribution in [0.4, 0.5) is 0 Å². The Labute approximate surface area is 261 Å². The van der Waals surface area contributed by atoms with Gasteiger partial charge in [-0.05, 0) is 84.5 Å². The molecule has 9 aromatic rings. The van der Waals surface area contributed by atoms with Gasteiger partial charge in [0.15, 0.2) is 0 Å². The van der Waals surface area contributed by atoms with Crippen LogP contribution in [0.2, 0.25) is 0 Å². The van der Waals surface area contributed by atoms with E-state index in [1.165, 1.54) is 65.0 Å². The van der Waals surface area contributed by atoms with Crippen LogP contribution in [0.5, 0.6) is 0 Å². The Kier molecular flexibility index (Phi) is 5.89. The first-order chi connectivity index (χ1) is 22.3. The largest absolute Gasteiger partial charge is 0.309 e. The first-order valence-electron chi connectivity index (χ1n) is 15.5. The fourth-order valence-electron chi connectivity index (χ4n) is 7.10. The summed E-state index contributed by atoms with van der Waals surface area (Å²) in [6.07, 6.45) is 0. The number of benzene rings is 8. The molecule has 1 heteroatoms. The average Bonchev–Trinajstić information content (AvgIpc) is 3.16. The Morgan fingerprint density at radius 2 is 0.778 bits per heavy atom. The van der Waals surface area contributed by atoms with E-state index in [-0.39, 0.29) is 0 Å². The van der Waals surface area contributed by atoms with Crippen LogP contribution in [0, 0.1) is 0 Å². The van der Waals surface area contributed by atoms with Crippen LogP contribution in [0.1, 0.15) is 0 Å². The van der Waals surface area contributed by atoms with Gasteiger partial charge in [-0.15, -0.1) is 0 Å². The zero-order valence-electron chi connectivity index (χ0n) is 24.7. The number of fused-ring (bicyclic) bond motifs is 10. The number of para-hydroxylation sites is 1. The molecule has 1 heterocycles. The third-order valence-electron chi connectivity index (χ3n) is 9.20. The van der Waals surface area contributed by atoms with E-state index < -0.39 is 0 Å². The first-order valence-corrected chi connectivity index (χ1v) is 15.5. The van der Waals surface area contributed by atoms with E-state index in [0.29, 0.717) is 0 Å². The zero-order valence-corrected chi connectivity index (χ0v) is 24.7. The Bertz CT molecular complexity index is 2640. The molecule has 0 aliphatic carbocycles. The van der Waals surface area contributed by atoms with Gasteiger partial charge in [0.25, 0.3) is 0 Å². The lowest BCUT2D eigenvalue weighted by atomic mass is 9.99. The molecule has 0 fully saturated rings. The van der Waals surface area contributed by atoms with Crippen molar-refractivity contribution in [1.29, 1.82) is 0 Å². The fraction of sp³-hybridized carbons (Fsp3) is 0. The van der Waals surface area contributed by atoms with Crippen molar-refractivity contribution in [1.82, 2.24) is 4.57 Å². The van der Waals surface area contributed by atoms with Crippen LogP contribution in [-0.4, -0.2) is 4.57 Å². The molecule has 1 aromatic heterocycles. The van der Waals surface area contributed by atoms with Crippen molar-refractivity contribution in [2.24, 2.45) is 0 Å². The minimum absolute atomic E-state index is 1.14. The van der Waals surface area contributed by atoms with Crippen LogP contribution in [0.15, 0.2) is 176 Å². The van der Waals surface area contributed by atoms with Crippen molar-refractivity contribution in [3.63, 3.8) is 0 Å². The summed E-state index contributed by atoms with van der Waals surface area (Å²) < 4.78 is 2.47. The molecule has 210 valence electrons. The van der Waals surface area contributed by atoms with E-state index in [1.54, 1.807) is 0 Å². The summed E-state index contributed by atoms with van der Waals surface area (Å²) in [6.45, 7) is 0. The standard InChI is InChI=1S/C44H29N/c1-2-12-30(13-3-1)33-25-27-44-42(28-33)39-19-9-7-17-37(39)36-16-6-8-18-38(36)40-20-10-11-21-43(40)45(44)34-26-24-32-23-22-31-14-4-5-15-35(31)41(32)29-34/h1-29H. The van der Waals surface area contributed by atoms with E-state index >= 15 is 0 Å². The maximum Gasteiger partial charge on any atom is 0.0540 e. The topological polar surface area (TPSA) is 4.93 Å². The third kappa shape index (κ3) is 4.17. The normalized spacial score (nSPS) is 11.6. The molecule has 8 aromatic carbocycles. The molecule has 0 spiro atoms. The van der Waals surface area contributed by atoms with Crippen LogP contribution < -0.4 is 0 Å².